The first kappa shape index (κ1) is 13.1. The van der Waals surface area contributed by atoms with Gasteiger partial charge in [-0.15, -0.1) is 0 Å². The predicted molar refractivity (Wildman–Crippen MR) is 63.2 cm³/mol. The summed E-state index contributed by atoms with van der Waals surface area (Å²) in [6, 6.07) is 5.48. The maximum Gasteiger partial charge on any atom is 0.147 e. The maximum absolute atomic E-state index is 11.0. The molecule has 0 fully saturated rings. The van der Waals surface area contributed by atoms with Crippen LogP contribution in [0.25, 0.3) is 0 Å². The second kappa shape index (κ2) is 5.93. The first-order valence-electron chi connectivity index (χ1n) is 5.08. The van der Waals surface area contributed by atoms with Gasteiger partial charge in [0.25, 0.3) is 0 Å². The molecule has 0 aromatic carbocycles. The van der Waals surface area contributed by atoms with Crippen LogP contribution >= 0.6 is 0 Å². The van der Waals surface area contributed by atoms with E-state index in [1.54, 1.807) is 6.20 Å². The minimum absolute atomic E-state index is 0.0945. The Morgan fingerprint density at radius 1 is 1.50 bits per heavy atom. The molecule has 16 heavy (non-hydrogen) atoms. The van der Waals surface area contributed by atoms with E-state index in [0.29, 0.717) is 12.8 Å². The van der Waals surface area contributed by atoms with Crippen LogP contribution in [0.4, 0.5) is 0 Å². The number of sulfone groups is 1. The molecule has 0 saturated carbocycles. The fourth-order valence-electron chi connectivity index (χ4n) is 1.45. The Labute approximate surface area is 96.0 Å². The monoisotopic (exact) mass is 243 g/mol. The molecule has 1 heterocycles. The van der Waals surface area contributed by atoms with Gasteiger partial charge in [0.1, 0.15) is 9.84 Å². The third-order valence-corrected chi connectivity index (χ3v) is 3.28. The fourth-order valence-corrected chi connectivity index (χ4v) is 2.14. The lowest BCUT2D eigenvalue weighted by molar-refractivity contribution is 0.497. The first-order valence-corrected chi connectivity index (χ1v) is 7.14. The zero-order valence-electron chi connectivity index (χ0n) is 9.26. The zero-order chi connectivity index (χ0) is 12.0. The zero-order valence-corrected chi connectivity index (χ0v) is 10.1. The summed E-state index contributed by atoms with van der Waals surface area (Å²) in [4.78, 5) is 4.17. The minimum atomic E-state index is -2.90. The molecule has 0 bridgehead atoms. The average Bonchev–Trinajstić information content (AvgIpc) is 2.24. The molecule has 1 unspecified atom stereocenters. The molecule has 0 spiro atoms. The van der Waals surface area contributed by atoms with Crippen molar-refractivity contribution in [1.82, 2.24) is 10.4 Å². The number of hydrogen-bond acceptors (Lipinski definition) is 5. The lowest BCUT2D eigenvalue weighted by Crippen LogP contribution is -2.29. The number of nitrogens with two attached hydrogens (primary N) is 1. The van der Waals surface area contributed by atoms with E-state index in [9.17, 15) is 8.42 Å². The normalized spacial score (nSPS) is 13.6. The topological polar surface area (TPSA) is 85.1 Å². The molecule has 1 atom stereocenters. The highest BCUT2D eigenvalue weighted by Crippen LogP contribution is 2.15. The van der Waals surface area contributed by atoms with Gasteiger partial charge in [0, 0.05) is 18.2 Å². The van der Waals surface area contributed by atoms with E-state index in [1.807, 2.05) is 18.2 Å². The highest BCUT2D eigenvalue weighted by atomic mass is 32.2. The van der Waals surface area contributed by atoms with Crippen molar-refractivity contribution in [3.63, 3.8) is 0 Å². The average molecular weight is 243 g/mol. The van der Waals surface area contributed by atoms with Gasteiger partial charge < -0.3 is 0 Å². The summed E-state index contributed by atoms with van der Waals surface area (Å²) in [6.07, 6.45) is 4.15. The summed E-state index contributed by atoms with van der Waals surface area (Å²) in [5, 5.41) is 0. The molecular weight excluding hydrogens is 226 g/mol. The van der Waals surface area contributed by atoms with Crippen LogP contribution in [0, 0.1) is 0 Å². The second-order valence-corrected chi connectivity index (χ2v) is 6.01. The maximum atomic E-state index is 11.0. The molecule has 0 aliphatic heterocycles. The van der Waals surface area contributed by atoms with E-state index in [2.05, 4.69) is 10.4 Å². The Morgan fingerprint density at radius 2 is 2.25 bits per heavy atom. The Hall–Kier alpha value is -0.980. The van der Waals surface area contributed by atoms with Crippen LogP contribution in [0.2, 0.25) is 0 Å². The van der Waals surface area contributed by atoms with E-state index in [-0.39, 0.29) is 11.8 Å². The van der Waals surface area contributed by atoms with Gasteiger partial charge in [-0.05, 0) is 25.0 Å². The SMILES string of the molecule is CS(=O)(=O)CCCC(NN)c1ccccn1. The lowest BCUT2D eigenvalue weighted by atomic mass is 10.1. The van der Waals surface area contributed by atoms with Crippen molar-refractivity contribution in [2.24, 2.45) is 5.84 Å². The molecule has 90 valence electrons. The Morgan fingerprint density at radius 3 is 2.75 bits per heavy atom. The van der Waals surface area contributed by atoms with Crippen LogP contribution in [-0.2, 0) is 9.84 Å². The quantitative estimate of drug-likeness (QED) is 0.558. The van der Waals surface area contributed by atoms with Crippen molar-refractivity contribution < 1.29 is 8.42 Å². The molecule has 0 radical (unpaired) electrons. The van der Waals surface area contributed by atoms with Gasteiger partial charge in [-0.1, -0.05) is 6.07 Å². The van der Waals surface area contributed by atoms with Crippen molar-refractivity contribution in [2.75, 3.05) is 12.0 Å². The van der Waals surface area contributed by atoms with Gasteiger partial charge in [-0.2, -0.15) is 0 Å². The van der Waals surface area contributed by atoms with Crippen molar-refractivity contribution in [3.05, 3.63) is 30.1 Å². The van der Waals surface area contributed by atoms with Gasteiger partial charge in [0.05, 0.1) is 11.7 Å². The largest absolute Gasteiger partial charge is 0.271 e. The molecular formula is C10H17N3O2S. The molecule has 0 aliphatic carbocycles. The fraction of sp³-hybridized carbons (Fsp3) is 0.500. The van der Waals surface area contributed by atoms with Gasteiger partial charge in [0.2, 0.25) is 0 Å². The van der Waals surface area contributed by atoms with Crippen LogP contribution in [-0.4, -0.2) is 25.4 Å². The minimum Gasteiger partial charge on any atom is -0.271 e. The molecule has 5 nitrogen and oxygen atoms in total. The number of pyridine rings is 1. The van der Waals surface area contributed by atoms with E-state index >= 15 is 0 Å². The Kier molecular flexibility index (Phi) is 4.85. The van der Waals surface area contributed by atoms with Crippen LogP contribution in [0.3, 0.4) is 0 Å². The molecule has 1 rings (SSSR count). The van der Waals surface area contributed by atoms with Crippen LogP contribution in [0.1, 0.15) is 24.6 Å². The summed E-state index contributed by atoms with van der Waals surface area (Å²) in [5.41, 5.74) is 3.48. The van der Waals surface area contributed by atoms with Crippen LogP contribution in [0.5, 0.6) is 0 Å². The molecule has 3 N–H and O–H groups in total. The lowest BCUT2D eigenvalue weighted by Gasteiger charge is -2.14. The van der Waals surface area contributed by atoms with E-state index in [1.165, 1.54) is 6.26 Å². The van der Waals surface area contributed by atoms with E-state index in [0.717, 1.165) is 5.69 Å². The molecule has 0 saturated heterocycles. The first-order chi connectivity index (χ1) is 7.53. The van der Waals surface area contributed by atoms with Crippen molar-refractivity contribution in [3.8, 4) is 0 Å². The van der Waals surface area contributed by atoms with Crippen LogP contribution in [0.15, 0.2) is 24.4 Å². The molecule has 0 amide bonds. The number of nitrogens with zero attached hydrogens (tertiary/aromatic N) is 1. The van der Waals surface area contributed by atoms with Crippen molar-refractivity contribution in [1.29, 1.82) is 0 Å². The van der Waals surface area contributed by atoms with Gasteiger partial charge in [-0.25, -0.2) is 8.42 Å². The molecule has 6 heteroatoms. The second-order valence-electron chi connectivity index (χ2n) is 3.75. The summed E-state index contributed by atoms with van der Waals surface area (Å²) < 4.78 is 21.9. The van der Waals surface area contributed by atoms with Crippen molar-refractivity contribution >= 4 is 9.84 Å². The third-order valence-electron chi connectivity index (χ3n) is 2.25. The standard InChI is InChI=1S/C10H17N3O2S/c1-16(14,15)8-4-6-10(13-11)9-5-2-3-7-12-9/h2-3,5,7,10,13H,4,6,8,11H2,1H3. The Bertz CT molecular complexity index is 405. The third kappa shape index (κ3) is 4.69. The van der Waals surface area contributed by atoms with Crippen molar-refractivity contribution in [2.45, 2.75) is 18.9 Å². The van der Waals surface area contributed by atoms with E-state index in [4.69, 9.17) is 5.84 Å². The van der Waals surface area contributed by atoms with Gasteiger partial charge in [-0.3, -0.25) is 16.3 Å². The Balaban J connectivity index is 2.51. The van der Waals surface area contributed by atoms with E-state index < -0.39 is 9.84 Å². The molecule has 1 aromatic heterocycles. The number of rotatable bonds is 6. The predicted octanol–water partition coefficient (Wildman–Crippen LogP) is 0.411. The van der Waals surface area contributed by atoms with Gasteiger partial charge >= 0.3 is 0 Å². The summed E-state index contributed by atoms with van der Waals surface area (Å²) in [7, 11) is -2.90. The number of nitrogens with one attached hydrogen (secondary N) is 1. The van der Waals surface area contributed by atoms with Crippen LogP contribution < -0.4 is 11.3 Å². The number of hydrazine groups is 1. The highest BCUT2D eigenvalue weighted by Gasteiger charge is 2.11. The van der Waals surface area contributed by atoms with Gasteiger partial charge in [0.15, 0.2) is 0 Å². The molecule has 0 aliphatic rings. The highest BCUT2D eigenvalue weighted by molar-refractivity contribution is 7.90. The molecule has 1 aromatic rings. The number of aromatic nitrogens is 1. The smallest absolute Gasteiger partial charge is 0.147 e. The summed E-state index contributed by atoms with van der Waals surface area (Å²) >= 11 is 0. The number of hydrogen-bond donors (Lipinski definition) is 2. The summed E-state index contributed by atoms with van der Waals surface area (Å²) in [6.45, 7) is 0. The summed E-state index contributed by atoms with van der Waals surface area (Å²) in [5.74, 6) is 5.59.